The number of anilines is 1. The molecule has 0 heterocycles. The minimum absolute atomic E-state index is 0.00974. The molecule has 9 heteroatoms. The van der Waals surface area contributed by atoms with Gasteiger partial charge < -0.3 is 0 Å². The summed E-state index contributed by atoms with van der Waals surface area (Å²) in [5, 5.41) is 0.304. The first-order valence-electron chi connectivity index (χ1n) is 6.16. The molecule has 0 amide bonds. The molecule has 0 aliphatic rings. The van der Waals surface area contributed by atoms with Crippen molar-refractivity contribution in [3.8, 4) is 0 Å². The maximum atomic E-state index is 12.8. The quantitative estimate of drug-likeness (QED) is 0.727. The second-order valence-corrected chi connectivity index (χ2v) is 7.77. The summed E-state index contributed by atoms with van der Waals surface area (Å²) in [5.41, 5.74) is -0.273. The molecule has 0 saturated heterocycles. The van der Waals surface area contributed by atoms with Gasteiger partial charge in [0, 0.05) is 9.50 Å². The summed E-state index contributed by atoms with van der Waals surface area (Å²) in [6, 6.07) is 7.04. The van der Waals surface area contributed by atoms with Gasteiger partial charge in [0.25, 0.3) is 10.0 Å². The molecule has 0 fully saturated rings. The fraction of sp³-hybridized carbons (Fsp3) is 0.143. The zero-order valence-electron chi connectivity index (χ0n) is 11.6. The van der Waals surface area contributed by atoms with Crippen LogP contribution in [0.2, 0.25) is 5.02 Å². The van der Waals surface area contributed by atoms with E-state index in [2.05, 4.69) is 20.7 Å². The third-order valence-electron chi connectivity index (χ3n) is 2.95. The smallest absolute Gasteiger partial charge is 0.279 e. The van der Waals surface area contributed by atoms with Crippen molar-refractivity contribution in [2.24, 2.45) is 0 Å². The Kier molecular flexibility index (Phi) is 4.98. The van der Waals surface area contributed by atoms with Crippen LogP contribution < -0.4 is 4.72 Å². The molecular weight excluding hydrogens is 419 g/mol. The Morgan fingerprint density at radius 2 is 1.78 bits per heavy atom. The minimum Gasteiger partial charge on any atom is -0.279 e. The van der Waals surface area contributed by atoms with Gasteiger partial charge in [-0.3, -0.25) is 4.72 Å². The van der Waals surface area contributed by atoms with E-state index < -0.39 is 26.7 Å². The monoisotopic (exact) mass is 427 g/mol. The zero-order valence-corrected chi connectivity index (χ0v) is 14.7. The predicted octanol–water partition coefficient (Wildman–Crippen LogP) is 5.23. The van der Waals surface area contributed by atoms with Gasteiger partial charge in [-0.05, 0) is 42.8 Å². The van der Waals surface area contributed by atoms with E-state index in [0.717, 1.165) is 12.1 Å². The van der Waals surface area contributed by atoms with Crippen LogP contribution in [0.15, 0.2) is 45.8 Å². The third kappa shape index (κ3) is 4.39. The van der Waals surface area contributed by atoms with Gasteiger partial charge in [-0.25, -0.2) is 8.42 Å². The van der Waals surface area contributed by atoms with E-state index in [4.69, 9.17) is 11.6 Å². The lowest BCUT2D eigenvalue weighted by Crippen LogP contribution is -2.15. The van der Waals surface area contributed by atoms with Gasteiger partial charge in [0.05, 0.1) is 16.1 Å². The highest BCUT2D eigenvalue weighted by atomic mass is 79.9. The van der Waals surface area contributed by atoms with Gasteiger partial charge in [-0.15, -0.1) is 0 Å². The molecule has 0 saturated carbocycles. The summed E-state index contributed by atoms with van der Waals surface area (Å²) < 4.78 is 65.4. The summed E-state index contributed by atoms with van der Waals surface area (Å²) >= 11 is 8.71. The SMILES string of the molecule is Cc1ccc(Cl)cc1NS(=O)(=O)c1cc(Br)cc(C(F)(F)F)c1. The number of aryl methyl sites for hydroxylation is 1. The Hall–Kier alpha value is -1.25. The summed E-state index contributed by atoms with van der Waals surface area (Å²) in [6.45, 7) is 1.65. The van der Waals surface area contributed by atoms with Crippen LogP contribution in [0.1, 0.15) is 11.1 Å². The fourth-order valence-corrected chi connectivity index (χ4v) is 3.80. The normalized spacial score (nSPS) is 12.3. The van der Waals surface area contributed by atoms with E-state index in [1.54, 1.807) is 19.1 Å². The molecule has 0 aliphatic carbocycles. The molecule has 124 valence electrons. The van der Waals surface area contributed by atoms with Crippen molar-refractivity contribution in [1.82, 2.24) is 0 Å². The maximum absolute atomic E-state index is 12.8. The van der Waals surface area contributed by atoms with Crippen LogP contribution in [-0.4, -0.2) is 8.42 Å². The van der Waals surface area contributed by atoms with Crippen molar-refractivity contribution in [3.05, 3.63) is 57.0 Å². The van der Waals surface area contributed by atoms with Gasteiger partial charge >= 0.3 is 6.18 Å². The number of sulfonamides is 1. The molecular formula is C14H10BrClF3NO2S. The van der Waals surface area contributed by atoms with E-state index in [9.17, 15) is 21.6 Å². The Morgan fingerprint density at radius 1 is 1.13 bits per heavy atom. The molecule has 0 spiro atoms. The highest BCUT2D eigenvalue weighted by molar-refractivity contribution is 9.10. The molecule has 0 bridgehead atoms. The van der Waals surface area contributed by atoms with Crippen molar-refractivity contribution in [2.75, 3.05) is 4.72 Å². The maximum Gasteiger partial charge on any atom is 0.416 e. The molecule has 1 N–H and O–H groups in total. The van der Waals surface area contributed by atoms with Gasteiger partial charge in [0.2, 0.25) is 0 Å². The molecule has 2 rings (SSSR count). The largest absolute Gasteiger partial charge is 0.416 e. The van der Waals surface area contributed by atoms with Crippen molar-refractivity contribution in [2.45, 2.75) is 18.0 Å². The van der Waals surface area contributed by atoms with Crippen LogP contribution in [0.25, 0.3) is 0 Å². The number of hydrogen-bond donors (Lipinski definition) is 1. The highest BCUT2D eigenvalue weighted by Gasteiger charge is 2.32. The zero-order chi connectivity index (χ0) is 17.4. The summed E-state index contributed by atoms with van der Waals surface area (Å²) in [7, 11) is -4.20. The number of alkyl halides is 3. The molecule has 23 heavy (non-hydrogen) atoms. The Labute approximate surface area is 144 Å². The number of benzene rings is 2. The Balaban J connectivity index is 2.48. The number of hydrogen-bond acceptors (Lipinski definition) is 2. The van der Waals surface area contributed by atoms with Crippen LogP contribution in [0.4, 0.5) is 18.9 Å². The third-order valence-corrected chi connectivity index (χ3v) is 4.99. The Bertz CT molecular complexity index is 854. The summed E-state index contributed by atoms with van der Waals surface area (Å²) in [4.78, 5) is -0.501. The van der Waals surface area contributed by atoms with Gasteiger partial charge in [0.15, 0.2) is 0 Å². The van der Waals surface area contributed by atoms with E-state index in [1.807, 2.05) is 0 Å². The average Bonchev–Trinajstić information content (AvgIpc) is 2.41. The molecule has 3 nitrogen and oxygen atoms in total. The molecule has 0 unspecified atom stereocenters. The van der Waals surface area contributed by atoms with E-state index in [-0.39, 0.29) is 10.2 Å². The molecule has 2 aromatic rings. The van der Waals surface area contributed by atoms with Crippen LogP contribution in [0.5, 0.6) is 0 Å². The molecule has 2 aromatic carbocycles. The van der Waals surface area contributed by atoms with Gasteiger partial charge in [-0.1, -0.05) is 33.6 Å². The average molecular weight is 429 g/mol. The van der Waals surface area contributed by atoms with Crippen LogP contribution in [0.3, 0.4) is 0 Å². The first-order chi connectivity index (χ1) is 10.5. The Morgan fingerprint density at radius 3 is 2.39 bits per heavy atom. The predicted molar refractivity (Wildman–Crippen MR) is 86.1 cm³/mol. The van der Waals surface area contributed by atoms with Crippen molar-refractivity contribution in [3.63, 3.8) is 0 Å². The second kappa shape index (κ2) is 6.33. The lowest BCUT2D eigenvalue weighted by atomic mass is 10.2. The highest BCUT2D eigenvalue weighted by Crippen LogP contribution is 2.33. The van der Waals surface area contributed by atoms with Crippen LogP contribution >= 0.6 is 27.5 Å². The van der Waals surface area contributed by atoms with Crippen molar-refractivity contribution >= 4 is 43.2 Å². The number of halogens is 5. The van der Waals surface area contributed by atoms with E-state index in [0.29, 0.717) is 16.7 Å². The van der Waals surface area contributed by atoms with Gasteiger partial charge in [-0.2, -0.15) is 13.2 Å². The number of rotatable bonds is 3. The minimum atomic E-state index is -4.65. The lowest BCUT2D eigenvalue weighted by Gasteiger charge is -2.13. The topological polar surface area (TPSA) is 46.2 Å². The summed E-state index contributed by atoms with van der Waals surface area (Å²) in [5.74, 6) is 0. The van der Waals surface area contributed by atoms with E-state index >= 15 is 0 Å². The van der Waals surface area contributed by atoms with Crippen LogP contribution in [0, 0.1) is 6.92 Å². The number of nitrogens with one attached hydrogen (secondary N) is 1. The van der Waals surface area contributed by atoms with Crippen molar-refractivity contribution < 1.29 is 21.6 Å². The first kappa shape index (κ1) is 18.1. The second-order valence-electron chi connectivity index (χ2n) is 4.74. The van der Waals surface area contributed by atoms with Crippen molar-refractivity contribution in [1.29, 1.82) is 0 Å². The standard InChI is InChI=1S/C14H10BrClF3NO2S/c1-8-2-3-11(16)7-13(8)20-23(21,22)12-5-9(14(17,18)19)4-10(15)6-12/h2-7,20H,1H3. The van der Waals surface area contributed by atoms with Gasteiger partial charge in [0.1, 0.15) is 0 Å². The van der Waals surface area contributed by atoms with Crippen LogP contribution in [-0.2, 0) is 16.2 Å². The lowest BCUT2D eigenvalue weighted by molar-refractivity contribution is -0.137. The molecule has 0 aromatic heterocycles. The molecule has 0 aliphatic heterocycles. The molecule has 0 radical (unpaired) electrons. The first-order valence-corrected chi connectivity index (χ1v) is 8.81. The summed E-state index contributed by atoms with van der Waals surface area (Å²) in [6.07, 6.45) is -4.65. The fourth-order valence-electron chi connectivity index (χ4n) is 1.79. The van der Waals surface area contributed by atoms with E-state index in [1.165, 1.54) is 6.07 Å². The molecule has 0 atom stereocenters.